The number of rotatable bonds is 3. The predicted octanol–water partition coefficient (Wildman–Crippen LogP) is 3.12. The summed E-state index contributed by atoms with van der Waals surface area (Å²) in [6.45, 7) is 0. The van der Waals surface area contributed by atoms with Crippen molar-refractivity contribution in [2.24, 2.45) is 0 Å². The molecule has 3 rings (SSSR count). The van der Waals surface area contributed by atoms with Gasteiger partial charge in [0.05, 0.1) is 16.7 Å². The fourth-order valence-electron chi connectivity index (χ4n) is 2.10. The van der Waals surface area contributed by atoms with Gasteiger partial charge in [-0.25, -0.2) is 4.98 Å². The van der Waals surface area contributed by atoms with Gasteiger partial charge in [-0.05, 0) is 36.6 Å². The zero-order valence-electron chi connectivity index (χ0n) is 10.5. The maximum atomic E-state index is 9.72. The topological polar surface area (TPSA) is 46.0 Å². The Bertz CT molecular complexity index is 710. The van der Waals surface area contributed by atoms with Crippen LogP contribution in [-0.2, 0) is 12.8 Å². The van der Waals surface area contributed by atoms with Gasteiger partial charge in [-0.2, -0.15) is 0 Å². The monoisotopic (exact) mass is 250 g/mol. The molecular formula is C16H14N2O. The number of para-hydroxylation sites is 3. The first-order valence-corrected chi connectivity index (χ1v) is 6.30. The molecular weight excluding hydrogens is 236 g/mol. The summed E-state index contributed by atoms with van der Waals surface area (Å²) in [5.41, 5.74) is 3.71. The Labute approximate surface area is 111 Å². The maximum Gasteiger partial charge on any atom is 0.118 e. The minimum absolute atomic E-state index is 0.344. The molecule has 0 saturated carbocycles. The fourth-order valence-corrected chi connectivity index (χ4v) is 2.10. The van der Waals surface area contributed by atoms with Crippen LogP contribution in [0.25, 0.3) is 11.0 Å². The lowest BCUT2D eigenvalue weighted by atomic mass is 10.1. The van der Waals surface area contributed by atoms with E-state index in [4.69, 9.17) is 0 Å². The molecule has 3 aromatic rings. The molecule has 0 fully saturated rings. The van der Waals surface area contributed by atoms with Crippen molar-refractivity contribution in [1.82, 2.24) is 9.97 Å². The Balaban J connectivity index is 1.80. The zero-order valence-corrected chi connectivity index (χ0v) is 10.5. The number of aryl methyl sites for hydroxylation is 2. The molecule has 0 aliphatic rings. The third-order valence-corrected chi connectivity index (χ3v) is 3.14. The Morgan fingerprint density at radius 3 is 2.42 bits per heavy atom. The first kappa shape index (κ1) is 11.7. The standard InChI is InChI=1S/C16H14N2O/c19-16-8-4-1-5-12(16)9-10-13-11-17-14-6-2-3-7-15(14)18-13/h1-8,11,19H,9-10H2. The molecule has 19 heavy (non-hydrogen) atoms. The molecule has 3 nitrogen and oxygen atoms in total. The molecule has 1 N–H and O–H groups in total. The van der Waals surface area contributed by atoms with E-state index in [9.17, 15) is 5.11 Å². The molecule has 1 aromatic heterocycles. The molecule has 0 aliphatic heterocycles. The van der Waals surface area contributed by atoms with Crippen LogP contribution in [0, 0.1) is 0 Å². The lowest BCUT2D eigenvalue weighted by Crippen LogP contribution is -1.96. The van der Waals surface area contributed by atoms with Crippen LogP contribution >= 0.6 is 0 Å². The van der Waals surface area contributed by atoms with Crippen molar-refractivity contribution in [3.8, 4) is 5.75 Å². The van der Waals surface area contributed by atoms with Crippen molar-refractivity contribution >= 4 is 11.0 Å². The SMILES string of the molecule is Oc1ccccc1CCc1cnc2ccccc2n1. The van der Waals surface area contributed by atoms with E-state index in [1.54, 1.807) is 6.07 Å². The number of benzene rings is 2. The summed E-state index contributed by atoms with van der Waals surface area (Å²) in [5, 5.41) is 9.72. The average molecular weight is 250 g/mol. The Morgan fingerprint density at radius 1 is 0.842 bits per heavy atom. The van der Waals surface area contributed by atoms with Crippen molar-refractivity contribution in [3.05, 3.63) is 66.0 Å². The summed E-state index contributed by atoms with van der Waals surface area (Å²) in [4.78, 5) is 8.97. The van der Waals surface area contributed by atoms with Crippen LogP contribution in [0.1, 0.15) is 11.3 Å². The van der Waals surface area contributed by atoms with E-state index >= 15 is 0 Å². The van der Waals surface area contributed by atoms with E-state index in [0.717, 1.165) is 35.1 Å². The van der Waals surface area contributed by atoms with Gasteiger partial charge in [-0.15, -0.1) is 0 Å². The second-order valence-corrected chi connectivity index (χ2v) is 4.48. The number of phenolic OH excluding ortho intramolecular Hbond substituents is 1. The number of aromatic hydroxyl groups is 1. The highest BCUT2D eigenvalue weighted by Gasteiger charge is 2.03. The van der Waals surface area contributed by atoms with Gasteiger partial charge in [-0.1, -0.05) is 30.3 Å². The van der Waals surface area contributed by atoms with Crippen LogP contribution in [0.5, 0.6) is 5.75 Å². The van der Waals surface area contributed by atoms with Crippen LogP contribution in [0.4, 0.5) is 0 Å². The van der Waals surface area contributed by atoms with E-state index in [1.165, 1.54) is 0 Å². The second-order valence-electron chi connectivity index (χ2n) is 4.48. The molecule has 0 radical (unpaired) electrons. The summed E-state index contributed by atoms with van der Waals surface area (Å²) < 4.78 is 0. The van der Waals surface area contributed by atoms with Gasteiger partial charge in [0.25, 0.3) is 0 Å². The predicted molar refractivity (Wildman–Crippen MR) is 75.1 cm³/mol. The van der Waals surface area contributed by atoms with Gasteiger partial charge in [0.1, 0.15) is 5.75 Å². The number of hydrogen-bond acceptors (Lipinski definition) is 3. The number of phenols is 1. The first-order valence-electron chi connectivity index (χ1n) is 6.30. The number of nitrogens with zero attached hydrogens (tertiary/aromatic N) is 2. The number of fused-ring (bicyclic) bond motifs is 1. The van der Waals surface area contributed by atoms with E-state index in [-0.39, 0.29) is 0 Å². The Morgan fingerprint density at radius 2 is 1.58 bits per heavy atom. The van der Waals surface area contributed by atoms with Gasteiger partial charge in [0, 0.05) is 6.20 Å². The summed E-state index contributed by atoms with van der Waals surface area (Å²) in [5.74, 6) is 0.344. The largest absolute Gasteiger partial charge is 0.508 e. The first-order chi connectivity index (χ1) is 9.33. The molecule has 0 spiro atoms. The minimum Gasteiger partial charge on any atom is -0.508 e. The summed E-state index contributed by atoms with van der Waals surface area (Å²) in [6.07, 6.45) is 3.34. The molecule has 94 valence electrons. The van der Waals surface area contributed by atoms with Crippen LogP contribution in [0.3, 0.4) is 0 Å². The molecule has 0 aliphatic carbocycles. The highest BCUT2D eigenvalue weighted by atomic mass is 16.3. The van der Waals surface area contributed by atoms with Crippen molar-refractivity contribution in [1.29, 1.82) is 0 Å². The third kappa shape index (κ3) is 2.55. The smallest absolute Gasteiger partial charge is 0.118 e. The highest BCUT2D eigenvalue weighted by Crippen LogP contribution is 2.18. The van der Waals surface area contributed by atoms with Gasteiger partial charge in [0.2, 0.25) is 0 Å². The van der Waals surface area contributed by atoms with Crippen LogP contribution in [0.2, 0.25) is 0 Å². The van der Waals surface area contributed by atoms with Crippen LogP contribution in [-0.4, -0.2) is 15.1 Å². The summed E-state index contributed by atoms with van der Waals surface area (Å²) in [6, 6.07) is 15.2. The number of aromatic nitrogens is 2. The Kier molecular flexibility index (Phi) is 3.11. The van der Waals surface area contributed by atoms with E-state index in [2.05, 4.69) is 9.97 Å². The lowest BCUT2D eigenvalue weighted by Gasteiger charge is -2.04. The summed E-state index contributed by atoms with van der Waals surface area (Å²) >= 11 is 0. The third-order valence-electron chi connectivity index (χ3n) is 3.14. The average Bonchev–Trinajstić information content (AvgIpc) is 2.46. The molecule has 0 saturated heterocycles. The minimum atomic E-state index is 0.344. The molecule has 0 atom stereocenters. The maximum absolute atomic E-state index is 9.72. The second kappa shape index (κ2) is 5.06. The molecule has 3 heteroatoms. The van der Waals surface area contributed by atoms with Crippen LogP contribution < -0.4 is 0 Å². The molecule has 0 amide bonds. The molecule has 0 unspecified atom stereocenters. The molecule has 0 bridgehead atoms. The van der Waals surface area contributed by atoms with E-state index in [1.807, 2.05) is 48.7 Å². The normalized spacial score (nSPS) is 10.7. The van der Waals surface area contributed by atoms with Crippen molar-refractivity contribution in [3.63, 3.8) is 0 Å². The van der Waals surface area contributed by atoms with Gasteiger partial charge in [-0.3, -0.25) is 4.98 Å². The van der Waals surface area contributed by atoms with E-state index in [0.29, 0.717) is 5.75 Å². The Hall–Kier alpha value is -2.42. The molecule has 2 aromatic carbocycles. The van der Waals surface area contributed by atoms with E-state index < -0.39 is 0 Å². The van der Waals surface area contributed by atoms with Gasteiger partial charge >= 0.3 is 0 Å². The molecule has 1 heterocycles. The van der Waals surface area contributed by atoms with Crippen molar-refractivity contribution < 1.29 is 5.11 Å². The summed E-state index contributed by atoms with van der Waals surface area (Å²) in [7, 11) is 0. The number of hydrogen-bond donors (Lipinski definition) is 1. The van der Waals surface area contributed by atoms with Crippen molar-refractivity contribution in [2.45, 2.75) is 12.8 Å². The quantitative estimate of drug-likeness (QED) is 0.776. The van der Waals surface area contributed by atoms with Gasteiger partial charge in [0.15, 0.2) is 0 Å². The van der Waals surface area contributed by atoms with Crippen LogP contribution in [0.15, 0.2) is 54.7 Å². The van der Waals surface area contributed by atoms with Crippen molar-refractivity contribution in [2.75, 3.05) is 0 Å². The highest BCUT2D eigenvalue weighted by molar-refractivity contribution is 5.73. The fraction of sp³-hybridized carbons (Fsp3) is 0.125. The van der Waals surface area contributed by atoms with Gasteiger partial charge < -0.3 is 5.11 Å². The zero-order chi connectivity index (χ0) is 13.1. The lowest BCUT2D eigenvalue weighted by molar-refractivity contribution is 0.468.